The van der Waals surface area contributed by atoms with Crippen molar-refractivity contribution < 1.29 is 19.4 Å². The van der Waals surface area contributed by atoms with E-state index in [2.05, 4.69) is 5.10 Å². The quantitative estimate of drug-likeness (QED) is 0.747. The smallest absolute Gasteiger partial charge is 0.305 e. The minimum Gasteiger partial charge on any atom is -0.481 e. The number of hydrogen-bond acceptors (Lipinski definition) is 4. The van der Waals surface area contributed by atoms with Crippen LogP contribution in [0.1, 0.15) is 35.2 Å². The van der Waals surface area contributed by atoms with Gasteiger partial charge in [0.05, 0.1) is 30.8 Å². The SMILES string of the molecule is O=C(O)CCN(CC1CCCO1)C(=O)c1cnn(Cc2ccccc2Cl)c1. The fourth-order valence-corrected chi connectivity index (χ4v) is 3.28. The van der Waals surface area contributed by atoms with Crippen molar-refractivity contribution in [3.05, 3.63) is 52.8 Å². The average molecular weight is 392 g/mol. The normalized spacial score (nSPS) is 16.4. The zero-order chi connectivity index (χ0) is 19.2. The Morgan fingerprint density at radius 3 is 2.89 bits per heavy atom. The molecule has 0 aliphatic carbocycles. The van der Waals surface area contributed by atoms with Crippen molar-refractivity contribution >= 4 is 23.5 Å². The van der Waals surface area contributed by atoms with Crippen LogP contribution in [0.3, 0.4) is 0 Å². The molecule has 1 aliphatic heterocycles. The number of amides is 1. The van der Waals surface area contributed by atoms with Crippen molar-refractivity contribution in [2.75, 3.05) is 19.7 Å². The lowest BCUT2D eigenvalue weighted by Crippen LogP contribution is -2.38. The Hall–Kier alpha value is -2.38. The number of ether oxygens (including phenoxy) is 1. The maximum atomic E-state index is 12.9. The average Bonchev–Trinajstić information content (AvgIpc) is 3.32. The third-order valence-corrected chi connectivity index (χ3v) is 4.87. The maximum Gasteiger partial charge on any atom is 0.305 e. The van der Waals surface area contributed by atoms with E-state index in [1.165, 1.54) is 6.20 Å². The molecule has 8 heteroatoms. The molecule has 1 N–H and O–H groups in total. The fraction of sp³-hybridized carbons (Fsp3) is 0.421. The summed E-state index contributed by atoms with van der Waals surface area (Å²) in [6.07, 6.45) is 4.86. The molecule has 27 heavy (non-hydrogen) atoms. The summed E-state index contributed by atoms with van der Waals surface area (Å²) in [7, 11) is 0. The predicted octanol–water partition coefficient (Wildman–Crippen LogP) is 2.68. The molecule has 0 bridgehead atoms. The maximum absolute atomic E-state index is 12.9. The molecule has 1 aliphatic rings. The Labute approximate surface area is 162 Å². The summed E-state index contributed by atoms with van der Waals surface area (Å²) in [4.78, 5) is 25.4. The predicted molar refractivity (Wildman–Crippen MR) is 99.9 cm³/mol. The van der Waals surface area contributed by atoms with Crippen molar-refractivity contribution in [3.63, 3.8) is 0 Å². The van der Waals surface area contributed by atoms with Crippen LogP contribution in [0.5, 0.6) is 0 Å². The molecule has 0 spiro atoms. The van der Waals surface area contributed by atoms with E-state index in [0.29, 0.717) is 30.3 Å². The van der Waals surface area contributed by atoms with Gasteiger partial charge in [-0.2, -0.15) is 5.10 Å². The lowest BCUT2D eigenvalue weighted by Gasteiger charge is -2.24. The van der Waals surface area contributed by atoms with Crippen molar-refractivity contribution in [1.29, 1.82) is 0 Å². The molecule has 1 amide bonds. The summed E-state index contributed by atoms with van der Waals surface area (Å²) in [6.45, 7) is 1.67. The van der Waals surface area contributed by atoms with E-state index in [4.69, 9.17) is 21.4 Å². The number of benzene rings is 1. The fourth-order valence-electron chi connectivity index (χ4n) is 3.08. The van der Waals surface area contributed by atoms with Gasteiger partial charge < -0.3 is 14.7 Å². The van der Waals surface area contributed by atoms with E-state index in [-0.39, 0.29) is 25.0 Å². The van der Waals surface area contributed by atoms with E-state index >= 15 is 0 Å². The molecular weight excluding hydrogens is 370 g/mol. The van der Waals surface area contributed by atoms with Crippen LogP contribution < -0.4 is 0 Å². The molecule has 1 unspecified atom stereocenters. The first-order valence-electron chi connectivity index (χ1n) is 8.91. The summed E-state index contributed by atoms with van der Waals surface area (Å²) in [5.74, 6) is -1.17. The molecule has 144 valence electrons. The van der Waals surface area contributed by atoms with Crippen molar-refractivity contribution in [1.82, 2.24) is 14.7 Å². The van der Waals surface area contributed by atoms with Crippen molar-refractivity contribution in [3.8, 4) is 0 Å². The third-order valence-electron chi connectivity index (χ3n) is 4.50. The Morgan fingerprint density at radius 2 is 2.19 bits per heavy atom. The standard InChI is InChI=1S/C19H22ClN3O4/c20-17-6-2-1-4-14(17)11-23-12-15(10-21-23)19(26)22(8-7-18(24)25)13-16-5-3-9-27-16/h1-2,4,6,10,12,16H,3,5,7-9,11,13H2,(H,24,25). The van der Waals surface area contributed by atoms with E-state index in [1.807, 2.05) is 24.3 Å². The van der Waals surface area contributed by atoms with Crippen molar-refractivity contribution in [2.45, 2.75) is 31.9 Å². The first-order valence-corrected chi connectivity index (χ1v) is 9.29. The first kappa shape index (κ1) is 19.4. The summed E-state index contributed by atoms with van der Waals surface area (Å²) in [5, 5.41) is 13.9. The Morgan fingerprint density at radius 1 is 1.37 bits per heavy atom. The summed E-state index contributed by atoms with van der Waals surface area (Å²) in [6, 6.07) is 7.46. The lowest BCUT2D eigenvalue weighted by atomic mass is 10.2. The lowest BCUT2D eigenvalue weighted by molar-refractivity contribution is -0.137. The number of halogens is 1. The second-order valence-electron chi connectivity index (χ2n) is 6.55. The molecule has 2 heterocycles. The summed E-state index contributed by atoms with van der Waals surface area (Å²) in [5.41, 5.74) is 1.33. The van der Waals surface area contributed by atoms with Crippen LogP contribution in [0.4, 0.5) is 0 Å². The number of carbonyl (C=O) groups excluding carboxylic acids is 1. The minimum absolute atomic E-state index is 0.0408. The number of aromatic nitrogens is 2. The van der Waals surface area contributed by atoms with Gasteiger partial charge in [-0.05, 0) is 24.5 Å². The Balaban J connectivity index is 1.70. The van der Waals surface area contributed by atoms with Crippen LogP contribution in [0, 0.1) is 0 Å². The number of rotatable bonds is 8. The highest BCUT2D eigenvalue weighted by atomic mass is 35.5. The van der Waals surface area contributed by atoms with Crippen LogP contribution in [-0.4, -0.2) is 57.5 Å². The monoisotopic (exact) mass is 391 g/mol. The zero-order valence-electron chi connectivity index (χ0n) is 14.9. The highest BCUT2D eigenvalue weighted by Crippen LogP contribution is 2.18. The van der Waals surface area contributed by atoms with Crippen LogP contribution in [-0.2, 0) is 16.1 Å². The Kier molecular flexibility index (Phi) is 6.47. The molecule has 7 nitrogen and oxygen atoms in total. The van der Waals surface area contributed by atoms with Gasteiger partial charge in [-0.3, -0.25) is 14.3 Å². The Bertz CT molecular complexity index is 802. The molecule has 1 aromatic heterocycles. The number of carbonyl (C=O) groups is 2. The van der Waals surface area contributed by atoms with Gasteiger partial charge in [0.15, 0.2) is 0 Å². The van der Waals surface area contributed by atoms with Gasteiger partial charge in [-0.25, -0.2) is 0 Å². The molecule has 2 aromatic rings. The van der Waals surface area contributed by atoms with E-state index in [1.54, 1.807) is 15.8 Å². The molecular formula is C19H22ClN3O4. The van der Waals surface area contributed by atoms with Crippen LogP contribution in [0.15, 0.2) is 36.7 Å². The highest BCUT2D eigenvalue weighted by molar-refractivity contribution is 6.31. The van der Waals surface area contributed by atoms with E-state index < -0.39 is 5.97 Å². The van der Waals surface area contributed by atoms with Gasteiger partial charge >= 0.3 is 5.97 Å². The third kappa shape index (κ3) is 5.30. The summed E-state index contributed by atoms with van der Waals surface area (Å²) >= 11 is 6.17. The molecule has 1 saturated heterocycles. The van der Waals surface area contributed by atoms with Crippen LogP contribution >= 0.6 is 11.6 Å². The number of carboxylic acid groups (broad SMARTS) is 1. The summed E-state index contributed by atoms with van der Waals surface area (Å²) < 4.78 is 7.25. The number of nitrogens with zero attached hydrogens (tertiary/aromatic N) is 3. The molecule has 0 radical (unpaired) electrons. The first-order chi connectivity index (χ1) is 13.0. The van der Waals surface area contributed by atoms with Gasteiger partial charge in [0, 0.05) is 30.9 Å². The van der Waals surface area contributed by atoms with Gasteiger partial charge in [-0.15, -0.1) is 0 Å². The van der Waals surface area contributed by atoms with Gasteiger partial charge in [0.1, 0.15) is 0 Å². The van der Waals surface area contributed by atoms with Gasteiger partial charge in [-0.1, -0.05) is 29.8 Å². The second kappa shape index (κ2) is 9.01. The minimum atomic E-state index is -0.936. The van der Waals surface area contributed by atoms with Crippen LogP contribution in [0.2, 0.25) is 5.02 Å². The number of hydrogen-bond donors (Lipinski definition) is 1. The molecule has 0 saturated carbocycles. The number of carboxylic acids is 1. The van der Waals surface area contributed by atoms with E-state index in [9.17, 15) is 9.59 Å². The van der Waals surface area contributed by atoms with Gasteiger partial charge in [0.25, 0.3) is 5.91 Å². The molecule has 1 aromatic carbocycles. The molecule has 3 rings (SSSR count). The van der Waals surface area contributed by atoms with Gasteiger partial charge in [0.2, 0.25) is 0 Å². The van der Waals surface area contributed by atoms with Crippen molar-refractivity contribution in [2.24, 2.45) is 0 Å². The van der Waals surface area contributed by atoms with Crippen LogP contribution in [0.25, 0.3) is 0 Å². The number of aliphatic carboxylic acids is 1. The zero-order valence-corrected chi connectivity index (χ0v) is 15.6. The molecule has 1 atom stereocenters. The highest BCUT2D eigenvalue weighted by Gasteiger charge is 2.24. The largest absolute Gasteiger partial charge is 0.481 e. The molecule has 1 fully saturated rings. The van der Waals surface area contributed by atoms with E-state index in [0.717, 1.165) is 18.4 Å². The second-order valence-corrected chi connectivity index (χ2v) is 6.96. The topological polar surface area (TPSA) is 84.7 Å².